The smallest absolute Gasteiger partial charge is 0.128 e. The van der Waals surface area contributed by atoms with Crippen molar-refractivity contribution in [1.82, 2.24) is 14.9 Å². The molecule has 1 aliphatic heterocycles. The van der Waals surface area contributed by atoms with Crippen molar-refractivity contribution in [3.63, 3.8) is 0 Å². The van der Waals surface area contributed by atoms with E-state index in [2.05, 4.69) is 10.3 Å². The number of rotatable bonds is 3. The predicted octanol–water partition coefficient (Wildman–Crippen LogP) is 1.73. The van der Waals surface area contributed by atoms with Crippen LogP contribution in [0.25, 0.3) is 0 Å². The number of imidazole rings is 1. The SMILES string of the molecule is Fc1ccccc1Cn1cncc1C1CNCCO1. The van der Waals surface area contributed by atoms with Gasteiger partial charge in [0, 0.05) is 18.7 Å². The van der Waals surface area contributed by atoms with Crippen LogP contribution in [0.15, 0.2) is 36.8 Å². The second-order valence-corrected chi connectivity index (χ2v) is 4.60. The molecule has 4 nitrogen and oxygen atoms in total. The highest BCUT2D eigenvalue weighted by Gasteiger charge is 2.19. The highest BCUT2D eigenvalue weighted by Crippen LogP contribution is 2.20. The van der Waals surface area contributed by atoms with Crippen molar-refractivity contribution >= 4 is 0 Å². The summed E-state index contributed by atoms with van der Waals surface area (Å²) in [6, 6.07) is 6.80. The minimum Gasteiger partial charge on any atom is -0.369 e. The van der Waals surface area contributed by atoms with Gasteiger partial charge in [-0.1, -0.05) is 18.2 Å². The maximum atomic E-state index is 13.7. The minimum absolute atomic E-state index is 0.0111. The molecule has 1 fully saturated rings. The Morgan fingerprint density at radius 2 is 2.32 bits per heavy atom. The van der Waals surface area contributed by atoms with E-state index >= 15 is 0 Å². The number of ether oxygens (including phenoxy) is 1. The Morgan fingerprint density at radius 3 is 3.11 bits per heavy atom. The first kappa shape index (κ1) is 12.3. The van der Waals surface area contributed by atoms with Crippen LogP contribution in [0.3, 0.4) is 0 Å². The number of hydrogen-bond acceptors (Lipinski definition) is 3. The third-order valence-corrected chi connectivity index (χ3v) is 3.30. The molecule has 1 saturated heterocycles. The summed E-state index contributed by atoms with van der Waals surface area (Å²) in [6.07, 6.45) is 3.50. The molecular weight excluding hydrogens is 245 g/mol. The molecule has 0 spiro atoms. The Morgan fingerprint density at radius 1 is 1.42 bits per heavy atom. The molecule has 1 unspecified atom stereocenters. The summed E-state index contributed by atoms with van der Waals surface area (Å²) < 4.78 is 21.3. The summed E-state index contributed by atoms with van der Waals surface area (Å²) in [5.74, 6) is -0.190. The molecule has 2 aromatic rings. The Kier molecular flexibility index (Phi) is 3.57. The summed E-state index contributed by atoms with van der Waals surface area (Å²) in [5, 5.41) is 3.29. The second-order valence-electron chi connectivity index (χ2n) is 4.60. The molecule has 100 valence electrons. The Bertz CT molecular complexity index is 549. The molecule has 0 radical (unpaired) electrons. The summed E-state index contributed by atoms with van der Waals surface area (Å²) >= 11 is 0. The van der Waals surface area contributed by atoms with Crippen molar-refractivity contribution in [1.29, 1.82) is 0 Å². The van der Waals surface area contributed by atoms with Crippen LogP contribution in [-0.2, 0) is 11.3 Å². The van der Waals surface area contributed by atoms with Crippen LogP contribution in [0.1, 0.15) is 17.4 Å². The van der Waals surface area contributed by atoms with E-state index < -0.39 is 0 Å². The van der Waals surface area contributed by atoms with Gasteiger partial charge >= 0.3 is 0 Å². The molecule has 1 atom stereocenters. The maximum Gasteiger partial charge on any atom is 0.128 e. The Balaban J connectivity index is 1.82. The standard InChI is InChI=1S/C14H16FN3O/c15-12-4-2-1-3-11(12)9-18-10-17-7-13(18)14-8-16-5-6-19-14/h1-4,7,10,14,16H,5-6,8-9H2. The normalized spacial score (nSPS) is 19.5. The zero-order chi connectivity index (χ0) is 13.1. The maximum absolute atomic E-state index is 13.7. The van der Waals surface area contributed by atoms with Gasteiger partial charge in [0.05, 0.1) is 31.4 Å². The average Bonchev–Trinajstić information content (AvgIpc) is 2.91. The van der Waals surface area contributed by atoms with Gasteiger partial charge in [-0.2, -0.15) is 0 Å². The van der Waals surface area contributed by atoms with Gasteiger partial charge in [0.25, 0.3) is 0 Å². The van der Waals surface area contributed by atoms with Gasteiger partial charge in [0.2, 0.25) is 0 Å². The zero-order valence-corrected chi connectivity index (χ0v) is 10.6. The number of benzene rings is 1. The number of hydrogen-bond donors (Lipinski definition) is 1. The quantitative estimate of drug-likeness (QED) is 0.914. The average molecular weight is 261 g/mol. The van der Waals surface area contributed by atoms with Crippen molar-refractivity contribution in [2.75, 3.05) is 19.7 Å². The highest BCUT2D eigenvalue weighted by molar-refractivity contribution is 5.19. The van der Waals surface area contributed by atoms with Gasteiger partial charge < -0.3 is 14.6 Å². The van der Waals surface area contributed by atoms with Gasteiger partial charge in [0.15, 0.2) is 0 Å². The van der Waals surface area contributed by atoms with Crippen molar-refractivity contribution in [3.05, 3.63) is 53.9 Å². The highest BCUT2D eigenvalue weighted by atomic mass is 19.1. The molecule has 0 aliphatic carbocycles. The van der Waals surface area contributed by atoms with E-state index in [9.17, 15) is 4.39 Å². The summed E-state index contributed by atoms with van der Waals surface area (Å²) in [7, 11) is 0. The van der Waals surface area contributed by atoms with Gasteiger partial charge in [-0.3, -0.25) is 0 Å². The lowest BCUT2D eigenvalue weighted by Gasteiger charge is -2.24. The number of nitrogens with zero attached hydrogens (tertiary/aromatic N) is 2. The molecule has 0 saturated carbocycles. The first-order chi connectivity index (χ1) is 9.34. The summed E-state index contributed by atoms with van der Waals surface area (Å²) in [6.45, 7) is 2.80. The lowest BCUT2D eigenvalue weighted by molar-refractivity contribution is 0.0230. The third-order valence-electron chi connectivity index (χ3n) is 3.30. The van der Waals surface area contributed by atoms with E-state index in [-0.39, 0.29) is 11.9 Å². The fourth-order valence-corrected chi connectivity index (χ4v) is 2.30. The van der Waals surface area contributed by atoms with Crippen LogP contribution >= 0.6 is 0 Å². The van der Waals surface area contributed by atoms with E-state index in [1.165, 1.54) is 6.07 Å². The lowest BCUT2D eigenvalue weighted by atomic mass is 10.2. The predicted molar refractivity (Wildman–Crippen MR) is 69.3 cm³/mol. The Hall–Kier alpha value is -1.72. The van der Waals surface area contributed by atoms with E-state index in [0.29, 0.717) is 18.7 Å². The topological polar surface area (TPSA) is 39.1 Å². The number of aromatic nitrogens is 2. The van der Waals surface area contributed by atoms with Crippen molar-refractivity contribution < 1.29 is 9.13 Å². The van der Waals surface area contributed by atoms with E-state index in [4.69, 9.17) is 4.74 Å². The second kappa shape index (κ2) is 5.50. The van der Waals surface area contributed by atoms with E-state index in [0.717, 1.165) is 18.8 Å². The minimum atomic E-state index is -0.190. The molecule has 3 rings (SSSR count). The fourth-order valence-electron chi connectivity index (χ4n) is 2.30. The van der Waals surface area contributed by atoms with Gasteiger partial charge in [0.1, 0.15) is 11.9 Å². The molecule has 5 heteroatoms. The van der Waals surface area contributed by atoms with Gasteiger partial charge in [-0.25, -0.2) is 9.37 Å². The van der Waals surface area contributed by atoms with Crippen molar-refractivity contribution in [2.45, 2.75) is 12.6 Å². The fraction of sp³-hybridized carbons (Fsp3) is 0.357. The van der Waals surface area contributed by atoms with Gasteiger partial charge in [-0.15, -0.1) is 0 Å². The molecular formula is C14H16FN3O. The zero-order valence-electron chi connectivity index (χ0n) is 10.6. The number of morpholine rings is 1. The molecule has 1 aliphatic rings. The van der Waals surface area contributed by atoms with Crippen LogP contribution in [0, 0.1) is 5.82 Å². The lowest BCUT2D eigenvalue weighted by Crippen LogP contribution is -2.34. The molecule has 0 bridgehead atoms. The van der Waals surface area contributed by atoms with Crippen LogP contribution in [0.2, 0.25) is 0 Å². The van der Waals surface area contributed by atoms with Crippen molar-refractivity contribution in [3.8, 4) is 0 Å². The molecule has 2 heterocycles. The van der Waals surface area contributed by atoms with Crippen LogP contribution in [0.5, 0.6) is 0 Å². The first-order valence-electron chi connectivity index (χ1n) is 6.40. The number of nitrogens with one attached hydrogen (secondary N) is 1. The summed E-state index contributed by atoms with van der Waals surface area (Å²) in [5.41, 5.74) is 1.64. The van der Waals surface area contributed by atoms with E-state index in [1.54, 1.807) is 24.7 Å². The van der Waals surface area contributed by atoms with E-state index in [1.807, 2.05) is 10.6 Å². The molecule has 1 aromatic carbocycles. The van der Waals surface area contributed by atoms with Crippen LogP contribution in [0.4, 0.5) is 4.39 Å². The van der Waals surface area contributed by atoms with Gasteiger partial charge in [-0.05, 0) is 6.07 Å². The molecule has 1 aromatic heterocycles. The first-order valence-corrected chi connectivity index (χ1v) is 6.40. The third kappa shape index (κ3) is 2.67. The Labute approximate surface area is 111 Å². The molecule has 1 N–H and O–H groups in total. The largest absolute Gasteiger partial charge is 0.369 e. The van der Waals surface area contributed by atoms with Crippen molar-refractivity contribution in [2.24, 2.45) is 0 Å². The molecule has 0 amide bonds. The summed E-state index contributed by atoms with van der Waals surface area (Å²) in [4.78, 5) is 4.16. The van der Waals surface area contributed by atoms with Crippen LogP contribution < -0.4 is 5.32 Å². The number of halogens is 1. The van der Waals surface area contributed by atoms with Crippen LogP contribution in [-0.4, -0.2) is 29.2 Å². The molecule has 19 heavy (non-hydrogen) atoms. The monoisotopic (exact) mass is 261 g/mol.